The summed E-state index contributed by atoms with van der Waals surface area (Å²) in [7, 11) is 0. The van der Waals surface area contributed by atoms with E-state index < -0.39 is 5.97 Å². The van der Waals surface area contributed by atoms with Crippen molar-refractivity contribution in [1.29, 1.82) is 0 Å². The van der Waals surface area contributed by atoms with Crippen LogP contribution in [0.4, 0.5) is 9.52 Å². The minimum absolute atomic E-state index is 0.143. The van der Waals surface area contributed by atoms with Gasteiger partial charge in [0.15, 0.2) is 5.13 Å². The van der Waals surface area contributed by atoms with Gasteiger partial charge in [-0.3, -0.25) is 14.7 Å². The largest absolute Gasteiger partial charge is 0.462 e. The molecule has 10 heteroatoms. The lowest BCUT2D eigenvalue weighted by molar-refractivity contribution is 0.0531. The molecule has 0 N–H and O–H groups in total. The lowest BCUT2D eigenvalue weighted by Gasteiger charge is -2.19. The number of anilines is 1. The SMILES string of the molecule is CCOC(=O)c1sc(N(Cc2ccc(F)cc2)C(=O)c2sc(-c3ccccn3)nc2C)nc1C. The average Bonchev–Trinajstić information content (AvgIpc) is 3.41. The molecule has 4 rings (SSSR count). The number of pyridine rings is 1. The normalized spacial score (nSPS) is 10.8. The monoisotopic (exact) mass is 496 g/mol. The van der Waals surface area contributed by atoms with Crippen molar-refractivity contribution in [3.8, 4) is 10.7 Å². The molecule has 0 aliphatic heterocycles. The van der Waals surface area contributed by atoms with Gasteiger partial charge in [0.25, 0.3) is 5.91 Å². The van der Waals surface area contributed by atoms with E-state index in [0.717, 1.165) is 11.3 Å². The van der Waals surface area contributed by atoms with Crippen molar-refractivity contribution in [1.82, 2.24) is 15.0 Å². The third-order valence-electron chi connectivity index (χ3n) is 4.85. The summed E-state index contributed by atoms with van der Waals surface area (Å²) in [6.45, 7) is 5.57. The summed E-state index contributed by atoms with van der Waals surface area (Å²) in [5, 5.41) is 0.979. The topological polar surface area (TPSA) is 85.3 Å². The highest BCUT2D eigenvalue weighted by atomic mass is 32.1. The predicted molar refractivity (Wildman–Crippen MR) is 130 cm³/mol. The molecule has 0 fully saturated rings. The van der Waals surface area contributed by atoms with Crippen molar-refractivity contribution >= 4 is 39.7 Å². The molecule has 1 amide bonds. The Hall–Kier alpha value is -3.50. The van der Waals surface area contributed by atoms with Gasteiger partial charge in [0, 0.05) is 6.20 Å². The number of carbonyl (C=O) groups excluding carboxylic acids is 2. The summed E-state index contributed by atoms with van der Waals surface area (Å²) in [6.07, 6.45) is 1.67. The first-order valence-electron chi connectivity index (χ1n) is 10.5. The number of thiazole rings is 2. The minimum atomic E-state index is -0.482. The van der Waals surface area contributed by atoms with Gasteiger partial charge in [-0.15, -0.1) is 11.3 Å². The Bertz CT molecular complexity index is 1320. The highest BCUT2D eigenvalue weighted by Gasteiger charge is 2.28. The van der Waals surface area contributed by atoms with Gasteiger partial charge >= 0.3 is 5.97 Å². The van der Waals surface area contributed by atoms with Crippen LogP contribution in [0, 0.1) is 19.7 Å². The van der Waals surface area contributed by atoms with Gasteiger partial charge in [-0.2, -0.15) is 0 Å². The Balaban J connectivity index is 1.73. The van der Waals surface area contributed by atoms with Crippen LogP contribution in [0.15, 0.2) is 48.7 Å². The Morgan fingerprint density at radius 3 is 2.41 bits per heavy atom. The highest BCUT2D eigenvalue weighted by molar-refractivity contribution is 7.18. The van der Waals surface area contributed by atoms with Crippen LogP contribution in [0.5, 0.6) is 0 Å². The third-order valence-corrected chi connectivity index (χ3v) is 7.18. The molecular formula is C24H21FN4O3S2. The van der Waals surface area contributed by atoms with Gasteiger partial charge in [-0.1, -0.05) is 29.5 Å². The summed E-state index contributed by atoms with van der Waals surface area (Å²) in [6, 6.07) is 11.4. The second kappa shape index (κ2) is 10.2. The van der Waals surface area contributed by atoms with Gasteiger partial charge < -0.3 is 4.74 Å². The maximum atomic E-state index is 13.8. The van der Waals surface area contributed by atoms with Gasteiger partial charge in [0.2, 0.25) is 0 Å². The minimum Gasteiger partial charge on any atom is -0.462 e. The lowest BCUT2D eigenvalue weighted by Crippen LogP contribution is -2.30. The lowest BCUT2D eigenvalue weighted by atomic mass is 10.2. The van der Waals surface area contributed by atoms with E-state index in [4.69, 9.17) is 4.74 Å². The summed E-state index contributed by atoms with van der Waals surface area (Å²) >= 11 is 2.33. The number of rotatable bonds is 7. The molecule has 0 aliphatic rings. The maximum Gasteiger partial charge on any atom is 0.350 e. The molecule has 7 nitrogen and oxygen atoms in total. The smallest absolute Gasteiger partial charge is 0.350 e. The number of hydrogen-bond acceptors (Lipinski definition) is 8. The van der Waals surface area contributed by atoms with Gasteiger partial charge in [-0.05, 0) is 50.6 Å². The first kappa shape index (κ1) is 23.7. The Kier molecular flexibility index (Phi) is 7.09. The zero-order chi connectivity index (χ0) is 24.2. The Morgan fingerprint density at radius 1 is 1.00 bits per heavy atom. The van der Waals surface area contributed by atoms with Crippen LogP contribution in [0.2, 0.25) is 0 Å². The van der Waals surface area contributed by atoms with Crippen molar-refractivity contribution in [3.05, 3.63) is 81.2 Å². The molecule has 0 bridgehead atoms. The molecule has 3 aromatic heterocycles. The number of esters is 1. The van der Waals surface area contributed by atoms with E-state index in [1.54, 1.807) is 39.1 Å². The molecule has 3 heterocycles. The molecule has 0 radical (unpaired) electrons. The fourth-order valence-corrected chi connectivity index (χ4v) is 5.15. The fourth-order valence-electron chi connectivity index (χ4n) is 3.20. The van der Waals surface area contributed by atoms with Crippen LogP contribution in [0.1, 0.15) is 43.2 Å². The molecule has 1 aromatic carbocycles. The van der Waals surface area contributed by atoms with Crippen molar-refractivity contribution in [2.24, 2.45) is 0 Å². The highest BCUT2D eigenvalue weighted by Crippen LogP contribution is 2.33. The zero-order valence-electron chi connectivity index (χ0n) is 18.7. The van der Waals surface area contributed by atoms with Crippen molar-refractivity contribution in [2.75, 3.05) is 11.5 Å². The van der Waals surface area contributed by atoms with E-state index in [1.165, 1.54) is 28.4 Å². The number of aryl methyl sites for hydroxylation is 2. The number of halogens is 1. The van der Waals surface area contributed by atoms with Crippen LogP contribution < -0.4 is 4.90 Å². The van der Waals surface area contributed by atoms with Crippen molar-refractivity contribution in [2.45, 2.75) is 27.3 Å². The van der Waals surface area contributed by atoms with E-state index in [-0.39, 0.29) is 24.9 Å². The number of carbonyl (C=O) groups is 2. The standard InChI is InChI=1S/C24H21FN4O3S2/c1-4-32-23(31)20-15(3)28-24(34-20)29(13-16-8-10-17(25)11-9-16)22(30)19-14(2)27-21(33-19)18-7-5-6-12-26-18/h5-12H,4,13H2,1-3H3. The van der Waals surface area contributed by atoms with Crippen molar-refractivity contribution < 1.29 is 18.7 Å². The van der Waals surface area contributed by atoms with Crippen LogP contribution in [-0.4, -0.2) is 33.4 Å². The molecular weight excluding hydrogens is 475 g/mol. The molecule has 0 saturated carbocycles. The van der Waals surface area contributed by atoms with Gasteiger partial charge in [-0.25, -0.2) is 19.2 Å². The fraction of sp³-hybridized carbons (Fsp3) is 0.208. The number of amides is 1. The summed E-state index contributed by atoms with van der Waals surface area (Å²) in [5.41, 5.74) is 2.44. The number of benzene rings is 1. The van der Waals surface area contributed by atoms with E-state index >= 15 is 0 Å². The number of nitrogens with zero attached hydrogens (tertiary/aromatic N) is 4. The summed E-state index contributed by atoms with van der Waals surface area (Å²) in [5.74, 6) is -1.16. The molecule has 4 aromatic rings. The van der Waals surface area contributed by atoms with Crippen LogP contribution in [-0.2, 0) is 11.3 Å². The van der Waals surface area contributed by atoms with Crippen LogP contribution in [0.3, 0.4) is 0 Å². The first-order chi connectivity index (χ1) is 16.4. The summed E-state index contributed by atoms with van der Waals surface area (Å²) in [4.78, 5) is 41.7. The van der Waals surface area contributed by atoms with Crippen molar-refractivity contribution in [3.63, 3.8) is 0 Å². The molecule has 0 saturated heterocycles. The maximum absolute atomic E-state index is 13.8. The zero-order valence-corrected chi connectivity index (χ0v) is 20.4. The van der Waals surface area contributed by atoms with Gasteiger partial charge in [0.1, 0.15) is 20.6 Å². The predicted octanol–water partition coefficient (Wildman–Crippen LogP) is 5.44. The molecule has 34 heavy (non-hydrogen) atoms. The van der Waals surface area contributed by atoms with Crippen LogP contribution >= 0.6 is 22.7 Å². The molecule has 0 atom stereocenters. The quantitative estimate of drug-likeness (QED) is 0.317. The number of hydrogen-bond donors (Lipinski definition) is 0. The Labute approximate surface area is 203 Å². The second-order valence-electron chi connectivity index (χ2n) is 7.30. The Morgan fingerprint density at radius 2 is 1.74 bits per heavy atom. The van der Waals surface area contributed by atoms with E-state index in [1.807, 2.05) is 18.2 Å². The molecule has 174 valence electrons. The van der Waals surface area contributed by atoms with E-state index in [2.05, 4.69) is 15.0 Å². The molecule has 0 aliphatic carbocycles. The molecule has 0 unspecified atom stereocenters. The van der Waals surface area contributed by atoms with E-state index in [0.29, 0.717) is 42.5 Å². The van der Waals surface area contributed by atoms with Crippen LogP contribution in [0.25, 0.3) is 10.7 Å². The number of ether oxygens (including phenoxy) is 1. The average molecular weight is 497 g/mol. The number of aromatic nitrogens is 3. The molecule has 0 spiro atoms. The third kappa shape index (κ3) is 5.02. The first-order valence-corrected chi connectivity index (χ1v) is 12.1. The summed E-state index contributed by atoms with van der Waals surface area (Å²) < 4.78 is 18.6. The van der Waals surface area contributed by atoms with E-state index in [9.17, 15) is 14.0 Å². The second-order valence-corrected chi connectivity index (χ2v) is 9.27. The van der Waals surface area contributed by atoms with Gasteiger partial charge in [0.05, 0.1) is 30.2 Å².